The molecule has 0 spiro atoms. The number of amides is 2. The molecule has 5 nitrogen and oxygen atoms in total. The zero-order chi connectivity index (χ0) is 18.8. The van der Waals surface area contributed by atoms with Gasteiger partial charge in [-0.2, -0.15) is 0 Å². The molecule has 3 aliphatic rings. The lowest BCUT2D eigenvalue weighted by Crippen LogP contribution is -2.55. The zero-order valence-corrected chi connectivity index (χ0v) is 17.2. The second-order valence-electron chi connectivity index (χ2n) is 8.26. The SMILES string of the molecule is CC(C(=O)NC1CC1)N1CCN(C(=O)c2cc3c(s2)CCCCCC3)CC1. The molecule has 148 valence electrons. The van der Waals surface area contributed by atoms with E-state index in [0.29, 0.717) is 19.1 Å². The van der Waals surface area contributed by atoms with E-state index >= 15 is 0 Å². The van der Waals surface area contributed by atoms with Gasteiger partial charge in [-0.15, -0.1) is 11.3 Å². The number of thiophene rings is 1. The van der Waals surface area contributed by atoms with E-state index in [1.54, 1.807) is 11.3 Å². The van der Waals surface area contributed by atoms with Crippen LogP contribution in [0.1, 0.15) is 65.6 Å². The fourth-order valence-electron chi connectivity index (χ4n) is 4.13. The first-order chi connectivity index (χ1) is 13.1. The number of hydrogen-bond acceptors (Lipinski definition) is 4. The lowest BCUT2D eigenvalue weighted by atomic mass is 10.00. The maximum absolute atomic E-state index is 13.0. The van der Waals surface area contributed by atoms with Gasteiger partial charge >= 0.3 is 0 Å². The van der Waals surface area contributed by atoms with Gasteiger partial charge in [0.1, 0.15) is 0 Å². The molecule has 0 radical (unpaired) electrons. The van der Waals surface area contributed by atoms with E-state index in [4.69, 9.17) is 0 Å². The predicted molar refractivity (Wildman–Crippen MR) is 108 cm³/mol. The van der Waals surface area contributed by atoms with Crippen LogP contribution in [0.5, 0.6) is 0 Å². The topological polar surface area (TPSA) is 52.7 Å². The van der Waals surface area contributed by atoms with Crippen molar-refractivity contribution in [3.8, 4) is 0 Å². The minimum Gasteiger partial charge on any atom is -0.352 e. The molecule has 1 saturated heterocycles. The lowest BCUT2D eigenvalue weighted by Gasteiger charge is -2.37. The van der Waals surface area contributed by atoms with Crippen molar-refractivity contribution in [2.75, 3.05) is 26.2 Å². The maximum atomic E-state index is 13.0. The quantitative estimate of drug-likeness (QED) is 0.862. The molecule has 2 amide bonds. The summed E-state index contributed by atoms with van der Waals surface area (Å²) < 4.78 is 0. The van der Waals surface area contributed by atoms with Crippen LogP contribution in [0.4, 0.5) is 0 Å². The highest BCUT2D eigenvalue weighted by atomic mass is 32.1. The first-order valence-corrected chi connectivity index (χ1v) is 11.4. The molecule has 6 heteroatoms. The molecule has 27 heavy (non-hydrogen) atoms. The Morgan fingerprint density at radius 3 is 2.48 bits per heavy atom. The summed E-state index contributed by atoms with van der Waals surface area (Å²) in [7, 11) is 0. The van der Waals surface area contributed by atoms with Crippen LogP contribution in [0.25, 0.3) is 0 Å². The molecule has 1 atom stereocenters. The molecule has 0 bridgehead atoms. The number of nitrogens with one attached hydrogen (secondary N) is 1. The fraction of sp³-hybridized carbons (Fsp3) is 0.714. The molecule has 2 heterocycles. The van der Waals surface area contributed by atoms with Gasteiger partial charge in [0.05, 0.1) is 10.9 Å². The molecular weight excluding hydrogens is 358 g/mol. The van der Waals surface area contributed by atoms with Crippen molar-refractivity contribution in [2.45, 2.75) is 70.4 Å². The number of piperazine rings is 1. The highest BCUT2D eigenvalue weighted by Crippen LogP contribution is 2.29. The van der Waals surface area contributed by atoms with Crippen molar-refractivity contribution < 1.29 is 9.59 Å². The van der Waals surface area contributed by atoms with E-state index < -0.39 is 0 Å². The summed E-state index contributed by atoms with van der Waals surface area (Å²) in [5.74, 6) is 0.317. The van der Waals surface area contributed by atoms with Crippen molar-refractivity contribution in [2.24, 2.45) is 0 Å². The number of carbonyl (C=O) groups is 2. The van der Waals surface area contributed by atoms with Crippen molar-refractivity contribution in [3.63, 3.8) is 0 Å². The van der Waals surface area contributed by atoms with Crippen LogP contribution >= 0.6 is 11.3 Å². The number of carbonyl (C=O) groups excluding carboxylic acids is 2. The molecule has 1 aromatic rings. The molecule has 2 aliphatic carbocycles. The van der Waals surface area contributed by atoms with Gasteiger partial charge in [-0.05, 0) is 57.1 Å². The zero-order valence-electron chi connectivity index (χ0n) is 16.3. The first-order valence-electron chi connectivity index (χ1n) is 10.6. The minimum atomic E-state index is -0.107. The van der Waals surface area contributed by atoms with Crippen molar-refractivity contribution in [1.29, 1.82) is 0 Å². The number of fused-ring (bicyclic) bond motifs is 1. The Kier molecular flexibility index (Phi) is 5.83. The van der Waals surface area contributed by atoms with Crippen LogP contribution in [-0.4, -0.2) is 59.9 Å². The summed E-state index contributed by atoms with van der Waals surface area (Å²) in [6.45, 7) is 4.95. The normalized spacial score (nSPS) is 22.5. The van der Waals surface area contributed by atoms with Crippen LogP contribution in [0, 0.1) is 0 Å². The van der Waals surface area contributed by atoms with Crippen molar-refractivity contribution in [1.82, 2.24) is 15.1 Å². The van der Waals surface area contributed by atoms with Gasteiger partial charge in [0.2, 0.25) is 5.91 Å². The highest BCUT2D eigenvalue weighted by molar-refractivity contribution is 7.14. The Morgan fingerprint density at radius 2 is 1.78 bits per heavy atom. The van der Waals surface area contributed by atoms with Crippen LogP contribution in [-0.2, 0) is 17.6 Å². The third-order valence-electron chi connectivity index (χ3n) is 6.16. The predicted octanol–water partition coefficient (Wildman–Crippen LogP) is 2.83. The van der Waals surface area contributed by atoms with Crippen LogP contribution < -0.4 is 5.32 Å². The third-order valence-corrected chi connectivity index (χ3v) is 7.38. The van der Waals surface area contributed by atoms with Gasteiger partial charge in [0.15, 0.2) is 0 Å². The standard InChI is InChI=1S/C21H31N3O2S/c1-15(20(25)22-17-8-9-17)23-10-12-24(13-11-23)21(26)19-14-16-6-4-2-3-5-7-18(16)27-19/h14-15,17H,2-13H2,1H3,(H,22,25). The largest absolute Gasteiger partial charge is 0.352 e. The van der Waals surface area contributed by atoms with Gasteiger partial charge in [0.25, 0.3) is 5.91 Å². The average molecular weight is 390 g/mol. The summed E-state index contributed by atoms with van der Waals surface area (Å²) in [6.07, 6.45) is 9.62. The van der Waals surface area contributed by atoms with Gasteiger partial charge in [-0.25, -0.2) is 0 Å². The first kappa shape index (κ1) is 18.9. The fourth-order valence-corrected chi connectivity index (χ4v) is 5.35. The Bertz CT molecular complexity index is 664. The molecule has 1 unspecified atom stereocenters. The van der Waals surface area contributed by atoms with Crippen LogP contribution in [0.15, 0.2) is 6.07 Å². The van der Waals surface area contributed by atoms with Crippen molar-refractivity contribution >= 4 is 23.2 Å². The average Bonchev–Trinajstić information content (AvgIpc) is 3.40. The van der Waals surface area contributed by atoms with Gasteiger partial charge < -0.3 is 10.2 Å². The van der Waals surface area contributed by atoms with E-state index in [2.05, 4.69) is 16.3 Å². The Labute approximate surface area is 166 Å². The molecule has 0 aromatic carbocycles. The van der Waals surface area contributed by atoms with Crippen LogP contribution in [0.2, 0.25) is 0 Å². The minimum absolute atomic E-state index is 0.107. The van der Waals surface area contributed by atoms with Gasteiger partial charge in [-0.3, -0.25) is 14.5 Å². The Hall–Kier alpha value is -1.40. The number of rotatable bonds is 4. The van der Waals surface area contributed by atoms with Gasteiger partial charge in [-0.1, -0.05) is 12.8 Å². The monoisotopic (exact) mass is 389 g/mol. The van der Waals surface area contributed by atoms with E-state index in [-0.39, 0.29) is 17.9 Å². The lowest BCUT2D eigenvalue weighted by molar-refractivity contribution is -0.126. The van der Waals surface area contributed by atoms with E-state index in [0.717, 1.165) is 43.6 Å². The smallest absolute Gasteiger partial charge is 0.264 e. The highest BCUT2D eigenvalue weighted by Gasteiger charge is 2.31. The molecule has 1 saturated carbocycles. The Balaban J connectivity index is 1.33. The summed E-state index contributed by atoms with van der Waals surface area (Å²) in [5, 5.41) is 3.09. The third kappa shape index (κ3) is 4.54. The summed E-state index contributed by atoms with van der Waals surface area (Å²) >= 11 is 1.72. The molecule has 1 N–H and O–H groups in total. The van der Waals surface area contributed by atoms with E-state index in [1.807, 2.05) is 11.8 Å². The molecule has 1 aliphatic heterocycles. The number of aryl methyl sites for hydroxylation is 2. The molecular formula is C21H31N3O2S. The number of nitrogens with zero attached hydrogens (tertiary/aromatic N) is 2. The molecule has 4 rings (SSSR count). The summed E-state index contributed by atoms with van der Waals surface area (Å²) in [6, 6.07) is 2.46. The maximum Gasteiger partial charge on any atom is 0.264 e. The number of hydrogen-bond donors (Lipinski definition) is 1. The van der Waals surface area contributed by atoms with E-state index in [1.165, 1.54) is 36.1 Å². The Morgan fingerprint density at radius 1 is 1.07 bits per heavy atom. The second-order valence-corrected chi connectivity index (χ2v) is 9.40. The summed E-state index contributed by atoms with van der Waals surface area (Å²) in [5.41, 5.74) is 1.41. The molecule has 1 aromatic heterocycles. The van der Waals surface area contributed by atoms with E-state index in [9.17, 15) is 9.59 Å². The molecule has 2 fully saturated rings. The second kappa shape index (κ2) is 8.31. The van der Waals surface area contributed by atoms with Crippen LogP contribution in [0.3, 0.4) is 0 Å². The summed E-state index contributed by atoms with van der Waals surface area (Å²) in [4.78, 5) is 31.8. The van der Waals surface area contributed by atoms with Gasteiger partial charge in [0, 0.05) is 37.1 Å². The van der Waals surface area contributed by atoms with Crippen molar-refractivity contribution in [3.05, 3.63) is 21.4 Å².